The third-order valence-corrected chi connectivity index (χ3v) is 1.99. The van der Waals surface area contributed by atoms with E-state index in [9.17, 15) is 4.79 Å². The molecule has 0 aromatic rings. The van der Waals surface area contributed by atoms with E-state index in [2.05, 4.69) is 13.5 Å². The summed E-state index contributed by atoms with van der Waals surface area (Å²) in [6.07, 6.45) is 4.94. The van der Waals surface area contributed by atoms with E-state index in [1.807, 2.05) is 20.8 Å². The van der Waals surface area contributed by atoms with Gasteiger partial charge in [0.05, 0.1) is 0 Å². The van der Waals surface area contributed by atoms with Crippen LogP contribution in [0, 0.1) is 0 Å². The molecule has 0 radical (unpaired) electrons. The topological polar surface area (TPSA) is 35.5 Å². The third-order valence-electron chi connectivity index (χ3n) is 1.99. The summed E-state index contributed by atoms with van der Waals surface area (Å²) in [5.41, 5.74) is -0.508. The summed E-state index contributed by atoms with van der Waals surface area (Å²) in [6, 6.07) is 0. The molecular weight excluding hydrogens is 204 g/mol. The molecule has 1 unspecified atom stereocenters. The maximum absolute atomic E-state index is 11.4. The number of hydrogen-bond donors (Lipinski definition) is 0. The highest BCUT2D eigenvalue weighted by atomic mass is 16.7. The molecule has 0 aromatic carbocycles. The Balaban J connectivity index is 3.92. The van der Waals surface area contributed by atoms with Crippen LogP contribution in [0.3, 0.4) is 0 Å². The Morgan fingerprint density at radius 1 is 1.38 bits per heavy atom. The lowest BCUT2D eigenvalue weighted by Crippen LogP contribution is -2.27. The maximum atomic E-state index is 11.4. The molecule has 94 valence electrons. The molecule has 0 heterocycles. The second-order valence-corrected chi connectivity index (χ2v) is 4.85. The maximum Gasteiger partial charge on any atom is 0.509 e. The van der Waals surface area contributed by atoms with Crippen molar-refractivity contribution in [3.05, 3.63) is 12.7 Å². The predicted octanol–water partition coefficient (Wildman–Crippen LogP) is 4.07. The summed E-state index contributed by atoms with van der Waals surface area (Å²) in [5, 5.41) is 0. The van der Waals surface area contributed by atoms with Gasteiger partial charge in [-0.3, -0.25) is 0 Å². The fourth-order valence-electron chi connectivity index (χ4n) is 1.22. The molecule has 0 N–H and O–H groups in total. The smallest absolute Gasteiger partial charge is 0.429 e. The van der Waals surface area contributed by atoms with Gasteiger partial charge in [-0.1, -0.05) is 32.4 Å². The van der Waals surface area contributed by atoms with Gasteiger partial charge in [-0.15, -0.1) is 0 Å². The lowest BCUT2D eigenvalue weighted by Gasteiger charge is -2.21. The summed E-state index contributed by atoms with van der Waals surface area (Å²) >= 11 is 0. The second kappa shape index (κ2) is 7.31. The summed E-state index contributed by atoms with van der Waals surface area (Å²) < 4.78 is 10.2. The van der Waals surface area contributed by atoms with Crippen LogP contribution >= 0.6 is 0 Å². The normalized spacial score (nSPS) is 13.0. The molecule has 0 rings (SSSR count). The van der Waals surface area contributed by atoms with Crippen LogP contribution in [-0.2, 0) is 9.47 Å². The molecule has 0 saturated heterocycles. The molecule has 0 aromatic heterocycles. The molecule has 0 fully saturated rings. The number of carbonyl (C=O) groups is 1. The van der Waals surface area contributed by atoms with Gasteiger partial charge in [0, 0.05) is 0 Å². The summed E-state index contributed by atoms with van der Waals surface area (Å²) in [5.74, 6) is 0. The lowest BCUT2D eigenvalue weighted by atomic mass is 10.1. The number of ether oxygens (including phenoxy) is 2. The number of carbonyl (C=O) groups excluding carboxylic acids is 1. The van der Waals surface area contributed by atoms with Crippen molar-refractivity contribution in [3.63, 3.8) is 0 Å². The van der Waals surface area contributed by atoms with Crippen LogP contribution in [-0.4, -0.2) is 17.9 Å². The first-order chi connectivity index (χ1) is 7.39. The first-order valence-corrected chi connectivity index (χ1v) is 5.91. The van der Waals surface area contributed by atoms with Gasteiger partial charge in [-0.05, 0) is 33.6 Å². The Hall–Kier alpha value is -0.990. The average molecular weight is 228 g/mol. The van der Waals surface area contributed by atoms with Crippen molar-refractivity contribution in [1.82, 2.24) is 0 Å². The lowest BCUT2D eigenvalue weighted by molar-refractivity contribution is -0.0197. The van der Waals surface area contributed by atoms with Crippen LogP contribution in [0.4, 0.5) is 4.79 Å². The Bertz CT molecular complexity index is 216. The quantitative estimate of drug-likeness (QED) is 0.390. The van der Waals surface area contributed by atoms with Crippen LogP contribution in [0.25, 0.3) is 0 Å². The van der Waals surface area contributed by atoms with Crippen molar-refractivity contribution < 1.29 is 14.3 Å². The van der Waals surface area contributed by atoms with Crippen molar-refractivity contribution in [1.29, 1.82) is 0 Å². The molecule has 0 amide bonds. The van der Waals surface area contributed by atoms with Gasteiger partial charge in [0.1, 0.15) is 11.7 Å². The van der Waals surface area contributed by atoms with Crippen LogP contribution in [0.1, 0.15) is 53.4 Å². The van der Waals surface area contributed by atoms with Crippen LogP contribution in [0.2, 0.25) is 0 Å². The van der Waals surface area contributed by atoms with E-state index < -0.39 is 11.8 Å². The van der Waals surface area contributed by atoms with Gasteiger partial charge < -0.3 is 9.47 Å². The molecule has 0 aliphatic carbocycles. The Kier molecular flexibility index (Phi) is 6.86. The van der Waals surface area contributed by atoms with Crippen molar-refractivity contribution >= 4 is 6.16 Å². The highest BCUT2D eigenvalue weighted by molar-refractivity contribution is 5.60. The fourth-order valence-corrected chi connectivity index (χ4v) is 1.22. The van der Waals surface area contributed by atoms with Gasteiger partial charge in [0.2, 0.25) is 0 Å². The second-order valence-electron chi connectivity index (χ2n) is 4.85. The van der Waals surface area contributed by atoms with Crippen LogP contribution in [0.15, 0.2) is 12.7 Å². The number of rotatable bonds is 6. The monoisotopic (exact) mass is 228 g/mol. The minimum Gasteiger partial charge on any atom is -0.429 e. The van der Waals surface area contributed by atoms with Crippen LogP contribution in [0.5, 0.6) is 0 Å². The Morgan fingerprint density at radius 3 is 2.44 bits per heavy atom. The van der Waals surface area contributed by atoms with Gasteiger partial charge in [0.15, 0.2) is 0 Å². The third kappa shape index (κ3) is 8.33. The standard InChI is InChI=1S/C13H24O3/c1-6-8-9-10-11(7-2)15-12(14)16-13(3,4)5/h7,11H,2,6,8-10H2,1,3-5H3. The van der Waals surface area contributed by atoms with E-state index in [0.29, 0.717) is 0 Å². The molecule has 16 heavy (non-hydrogen) atoms. The molecule has 0 saturated carbocycles. The molecule has 0 aliphatic heterocycles. The highest BCUT2D eigenvalue weighted by Gasteiger charge is 2.19. The zero-order valence-electron chi connectivity index (χ0n) is 10.9. The first kappa shape index (κ1) is 15.0. The largest absolute Gasteiger partial charge is 0.509 e. The average Bonchev–Trinajstić information content (AvgIpc) is 2.13. The summed E-state index contributed by atoms with van der Waals surface area (Å²) in [7, 11) is 0. The van der Waals surface area contributed by atoms with E-state index in [-0.39, 0.29) is 6.10 Å². The van der Waals surface area contributed by atoms with Gasteiger partial charge in [-0.25, -0.2) is 4.79 Å². The predicted molar refractivity (Wildman–Crippen MR) is 65.4 cm³/mol. The van der Waals surface area contributed by atoms with E-state index in [0.717, 1.165) is 25.7 Å². The molecule has 3 heteroatoms. The van der Waals surface area contributed by atoms with Crippen LogP contribution < -0.4 is 0 Å². The molecule has 0 bridgehead atoms. The van der Waals surface area contributed by atoms with E-state index in [1.54, 1.807) is 6.08 Å². The fraction of sp³-hybridized carbons (Fsp3) is 0.769. The van der Waals surface area contributed by atoms with Gasteiger partial charge in [0.25, 0.3) is 0 Å². The minimum absolute atomic E-state index is 0.235. The number of hydrogen-bond acceptors (Lipinski definition) is 3. The van der Waals surface area contributed by atoms with Crippen molar-refractivity contribution in [2.75, 3.05) is 0 Å². The number of unbranched alkanes of at least 4 members (excludes halogenated alkanes) is 2. The Labute approximate surface area is 98.8 Å². The van der Waals surface area contributed by atoms with E-state index in [4.69, 9.17) is 9.47 Å². The van der Waals surface area contributed by atoms with E-state index >= 15 is 0 Å². The summed E-state index contributed by atoms with van der Waals surface area (Å²) in [6.45, 7) is 11.2. The molecule has 0 spiro atoms. The highest BCUT2D eigenvalue weighted by Crippen LogP contribution is 2.12. The SMILES string of the molecule is C=CC(CCCCC)OC(=O)OC(C)(C)C. The molecule has 1 atom stereocenters. The zero-order valence-corrected chi connectivity index (χ0v) is 10.9. The zero-order chi connectivity index (χ0) is 12.6. The minimum atomic E-state index is -0.617. The van der Waals surface area contributed by atoms with E-state index in [1.165, 1.54) is 0 Å². The van der Waals surface area contributed by atoms with Crippen molar-refractivity contribution in [2.45, 2.75) is 65.1 Å². The Morgan fingerprint density at radius 2 is 2.00 bits per heavy atom. The molecule has 0 aliphatic rings. The summed E-state index contributed by atoms with van der Waals surface area (Å²) in [4.78, 5) is 11.4. The molecular formula is C13H24O3. The van der Waals surface area contributed by atoms with Gasteiger partial charge in [-0.2, -0.15) is 0 Å². The van der Waals surface area contributed by atoms with Crippen molar-refractivity contribution in [3.8, 4) is 0 Å². The van der Waals surface area contributed by atoms with Crippen molar-refractivity contribution in [2.24, 2.45) is 0 Å². The van der Waals surface area contributed by atoms with Gasteiger partial charge >= 0.3 is 6.16 Å². The molecule has 3 nitrogen and oxygen atoms in total. The first-order valence-electron chi connectivity index (χ1n) is 5.91.